The van der Waals surface area contributed by atoms with E-state index in [9.17, 15) is 0 Å². The van der Waals surface area contributed by atoms with Crippen LogP contribution < -0.4 is 0 Å². The molecule has 0 fully saturated rings. The first-order valence-corrected chi connectivity index (χ1v) is 7.04. The van der Waals surface area contributed by atoms with Crippen LogP contribution in [0.2, 0.25) is 10.0 Å². The van der Waals surface area contributed by atoms with E-state index in [1.165, 1.54) is 5.56 Å². The van der Waals surface area contributed by atoms with Crippen LogP contribution in [0.4, 0.5) is 5.69 Å². The van der Waals surface area contributed by atoms with Crippen LogP contribution in [0.5, 0.6) is 0 Å². The van der Waals surface area contributed by atoms with Gasteiger partial charge in [0.15, 0.2) is 0 Å². The lowest BCUT2D eigenvalue weighted by Crippen LogP contribution is -1.96. The van der Waals surface area contributed by atoms with Gasteiger partial charge < -0.3 is 0 Å². The Morgan fingerprint density at radius 2 is 1.80 bits per heavy atom. The fraction of sp³-hybridized carbons (Fsp3) is 0.188. The first-order chi connectivity index (χ1) is 9.66. The van der Waals surface area contributed by atoms with Crippen molar-refractivity contribution in [1.82, 2.24) is 0 Å². The summed E-state index contributed by atoms with van der Waals surface area (Å²) in [7, 11) is 0. The van der Waals surface area contributed by atoms with Crippen molar-refractivity contribution >= 4 is 34.9 Å². The van der Waals surface area contributed by atoms with Gasteiger partial charge in [0.2, 0.25) is 0 Å². The summed E-state index contributed by atoms with van der Waals surface area (Å²) in [6.45, 7) is 2.77. The van der Waals surface area contributed by atoms with Crippen molar-refractivity contribution in [1.29, 1.82) is 0 Å². The highest BCUT2D eigenvalue weighted by molar-refractivity contribution is 6.42. The Morgan fingerprint density at radius 3 is 2.50 bits per heavy atom. The monoisotopic (exact) mass is 304 g/mol. The van der Waals surface area contributed by atoms with Crippen LogP contribution in [0.3, 0.4) is 0 Å². The van der Waals surface area contributed by atoms with Crippen LogP contribution in [0.15, 0.2) is 58.5 Å². The van der Waals surface area contributed by atoms with Crippen molar-refractivity contribution in [2.24, 2.45) is 9.98 Å². The standard InChI is InChI=1S/C16H14Cl2N2/c1-12(13-5-3-2-4-6-13)10-19-11-20-14-7-8-15(17)16(18)9-14/h2-9,12H,10H2,1H3. The fourth-order valence-electron chi connectivity index (χ4n) is 1.71. The second-order valence-corrected chi connectivity index (χ2v) is 5.28. The van der Waals surface area contributed by atoms with Gasteiger partial charge in [0.05, 0.1) is 28.3 Å². The number of hydrogen-bond donors (Lipinski definition) is 0. The summed E-state index contributed by atoms with van der Waals surface area (Å²) >= 11 is 11.7. The Bertz CT molecular complexity index is 632. The summed E-state index contributed by atoms with van der Waals surface area (Å²) in [6, 6.07) is 18.1. The Morgan fingerprint density at radius 1 is 1.05 bits per heavy atom. The quantitative estimate of drug-likeness (QED) is 0.657. The van der Waals surface area contributed by atoms with E-state index in [2.05, 4.69) is 35.0 Å². The topological polar surface area (TPSA) is 24.7 Å². The van der Waals surface area contributed by atoms with Gasteiger partial charge in [0, 0.05) is 5.92 Å². The molecule has 1 unspecified atom stereocenters. The highest BCUT2D eigenvalue weighted by Crippen LogP contribution is 2.26. The van der Waals surface area contributed by atoms with Crippen LogP contribution in [-0.4, -0.2) is 12.6 Å². The van der Waals surface area contributed by atoms with Crippen LogP contribution in [0, 0.1) is 0 Å². The van der Waals surface area contributed by atoms with Crippen molar-refractivity contribution in [3.05, 3.63) is 64.1 Å². The van der Waals surface area contributed by atoms with E-state index in [-0.39, 0.29) is 0 Å². The second kappa shape index (κ2) is 7.25. The van der Waals surface area contributed by atoms with Gasteiger partial charge in [-0.05, 0) is 23.8 Å². The number of hydrogen-bond acceptors (Lipinski definition) is 2. The molecule has 4 heteroatoms. The number of halogens is 2. The van der Waals surface area contributed by atoms with Gasteiger partial charge in [-0.15, -0.1) is 0 Å². The molecule has 0 N–H and O–H groups in total. The molecule has 2 nitrogen and oxygen atoms in total. The molecule has 20 heavy (non-hydrogen) atoms. The van der Waals surface area contributed by atoms with E-state index in [0.29, 0.717) is 28.2 Å². The van der Waals surface area contributed by atoms with Gasteiger partial charge in [-0.3, -0.25) is 0 Å². The van der Waals surface area contributed by atoms with E-state index in [4.69, 9.17) is 23.2 Å². The number of rotatable bonds is 4. The molecule has 0 radical (unpaired) electrons. The van der Waals surface area contributed by atoms with Gasteiger partial charge in [0.25, 0.3) is 0 Å². The van der Waals surface area contributed by atoms with Crippen LogP contribution in [0.25, 0.3) is 0 Å². The number of nitrogens with zero attached hydrogens (tertiary/aromatic N) is 2. The lowest BCUT2D eigenvalue weighted by Gasteiger charge is -2.06. The highest BCUT2D eigenvalue weighted by Gasteiger charge is 2.02. The Balaban J connectivity index is 1.99. The summed E-state index contributed by atoms with van der Waals surface area (Å²) in [6.07, 6.45) is 0. The Kier molecular flexibility index (Phi) is 5.37. The summed E-state index contributed by atoms with van der Waals surface area (Å²) in [5.41, 5.74) is 1.95. The molecule has 0 amide bonds. The SMILES string of the molecule is CC(CN=C=Nc1ccc(Cl)c(Cl)c1)c1ccccc1. The van der Waals surface area contributed by atoms with Crippen molar-refractivity contribution in [3.8, 4) is 0 Å². The first-order valence-electron chi connectivity index (χ1n) is 6.29. The predicted molar refractivity (Wildman–Crippen MR) is 85.7 cm³/mol. The third-order valence-electron chi connectivity index (χ3n) is 2.89. The second-order valence-electron chi connectivity index (χ2n) is 4.46. The molecule has 0 aliphatic carbocycles. The summed E-state index contributed by atoms with van der Waals surface area (Å²) in [5, 5.41) is 0.993. The van der Waals surface area contributed by atoms with Crippen molar-refractivity contribution in [2.75, 3.05) is 6.54 Å². The molecule has 2 rings (SSSR count). The maximum Gasteiger partial charge on any atom is 0.0949 e. The van der Waals surface area contributed by atoms with Gasteiger partial charge in [0.1, 0.15) is 0 Å². The molecule has 2 aromatic rings. The van der Waals surface area contributed by atoms with Crippen molar-refractivity contribution in [3.63, 3.8) is 0 Å². The lowest BCUT2D eigenvalue weighted by atomic mass is 10.0. The summed E-state index contributed by atoms with van der Waals surface area (Å²) in [4.78, 5) is 8.32. The largest absolute Gasteiger partial charge is 0.225 e. The minimum atomic E-state index is 0.340. The third kappa shape index (κ3) is 4.21. The van der Waals surface area contributed by atoms with Gasteiger partial charge in [-0.25, -0.2) is 4.99 Å². The molecule has 0 saturated carbocycles. The predicted octanol–water partition coefficient (Wildman–Crippen LogP) is 5.60. The average molecular weight is 305 g/mol. The molecule has 1 atom stereocenters. The van der Waals surface area contributed by atoms with E-state index >= 15 is 0 Å². The van der Waals surface area contributed by atoms with Crippen molar-refractivity contribution in [2.45, 2.75) is 12.8 Å². The first kappa shape index (κ1) is 14.8. The van der Waals surface area contributed by atoms with Crippen LogP contribution in [-0.2, 0) is 0 Å². The molecule has 2 aromatic carbocycles. The maximum atomic E-state index is 5.91. The molecule has 0 bridgehead atoms. The van der Waals surface area contributed by atoms with Crippen molar-refractivity contribution < 1.29 is 0 Å². The Labute approximate surface area is 128 Å². The number of aliphatic imine (C=N–C) groups is 2. The molecular formula is C16H14Cl2N2. The van der Waals surface area contributed by atoms with Gasteiger partial charge >= 0.3 is 0 Å². The summed E-state index contributed by atoms with van der Waals surface area (Å²) in [5.74, 6) is 0.340. The minimum Gasteiger partial charge on any atom is -0.225 e. The van der Waals surface area contributed by atoms with E-state index in [1.54, 1.807) is 18.2 Å². The maximum absolute atomic E-state index is 5.91. The average Bonchev–Trinajstić information content (AvgIpc) is 2.48. The Hall–Kier alpha value is -1.60. The van der Waals surface area contributed by atoms with Gasteiger partial charge in [-0.2, -0.15) is 4.99 Å². The summed E-state index contributed by atoms with van der Waals surface area (Å²) < 4.78 is 0. The zero-order valence-corrected chi connectivity index (χ0v) is 12.6. The molecule has 0 aliphatic heterocycles. The number of benzene rings is 2. The van der Waals surface area contributed by atoms with E-state index in [1.807, 2.05) is 18.2 Å². The highest BCUT2D eigenvalue weighted by atomic mass is 35.5. The molecule has 0 saturated heterocycles. The normalized spacial score (nSPS) is 11.6. The molecule has 0 heterocycles. The van der Waals surface area contributed by atoms with Crippen LogP contribution >= 0.6 is 23.2 Å². The fourth-order valence-corrected chi connectivity index (χ4v) is 2.00. The lowest BCUT2D eigenvalue weighted by molar-refractivity contribution is 0.778. The van der Waals surface area contributed by atoms with Gasteiger partial charge in [-0.1, -0.05) is 60.5 Å². The zero-order valence-electron chi connectivity index (χ0n) is 11.1. The minimum absolute atomic E-state index is 0.340. The molecule has 0 aromatic heterocycles. The molecule has 0 aliphatic rings. The molecular weight excluding hydrogens is 291 g/mol. The van der Waals surface area contributed by atoms with Crippen LogP contribution in [0.1, 0.15) is 18.4 Å². The van der Waals surface area contributed by atoms with E-state index < -0.39 is 0 Å². The smallest absolute Gasteiger partial charge is 0.0949 e. The third-order valence-corrected chi connectivity index (χ3v) is 3.63. The molecule has 102 valence electrons. The van der Waals surface area contributed by atoms with E-state index in [0.717, 1.165) is 0 Å². The zero-order chi connectivity index (χ0) is 14.4. The molecule has 0 spiro atoms.